The minimum Gasteiger partial charge on any atom is -0.406 e. The summed E-state index contributed by atoms with van der Waals surface area (Å²) in [5, 5.41) is 0. The molecule has 21 heavy (non-hydrogen) atoms. The molecule has 0 fully saturated rings. The monoisotopic (exact) mass is 304 g/mol. The van der Waals surface area contributed by atoms with Crippen molar-refractivity contribution in [3.8, 4) is 5.75 Å². The normalized spacial score (nSPS) is 10.8. The number of rotatable bonds is 7. The van der Waals surface area contributed by atoms with E-state index in [1.807, 2.05) is 0 Å². The third-order valence-corrected chi connectivity index (χ3v) is 2.96. The molecule has 0 aliphatic heterocycles. The van der Waals surface area contributed by atoms with Gasteiger partial charge in [0.15, 0.2) is 0 Å². The van der Waals surface area contributed by atoms with Crippen LogP contribution in [0, 0.1) is 6.92 Å². The van der Waals surface area contributed by atoms with Gasteiger partial charge in [0, 0.05) is 0 Å². The third-order valence-electron chi connectivity index (χ3n) is 2.96. The van der Waals surface area contributed by atoms with Crippen molar-refractivity contribution in [1.29, 1.82) is 0 Å². The quantitative estimate of drug-likeness (QED) is 0.512. The van der Waals surface area contributed by atoms with Crippen LogP contribution in [-0.2, 0) is 0 Å². The van der Waals surface area contributed by atoms with E-state index < -0.39 is 6.36 Å². The summed E-state index contributed by atoms with van der Waals surface area (Å²) in [4.78, 5) is 0. The van der Waals surface area contributed by atoms with Gasteiger partial charge in [0.2, 0.25) is 0 Å². The van der Waals surface area contributed by atoms with Crippen LogP contribution in [-0.4, -0.2) is 6.36 Å². The topological polar surface area (TPSA) is 9.23 Å². The zero-order valence-electron chi connectivity index (χ0n) is 13.3. The molecule has 0 aliphatic carbocycles. The Bertz CT molecular complexity index is 338. The molecule has 1 aromatic carbocycles. The Morgan fingerprint density at radius 3 is 1.62 bits per heavy atom. The predicted molar refractivity (Wildman–Crippen MR) is 81.5 cm³/mol. The van der Waals surface area contributed by atoms with E-state index in [0.29, 0.717) is 0 Å². The molecule has 0 amide bonds. The van der Waals surface area contributed by atoms with Gasteiger partial charge in [-0.25, -0.2) is 0 Å². The minimum absolute atomic E-state index is 0.187. The number of ether oxygens (including phenoxy) is 1. The molecule has 0 atom stereocenters. The maximum atomic E-state index is 11.6. The van der Waals surface area contributed by atoms with Crippen molar-refractivity contribution in [3.63, 3.8) is 0 Å². The number of hydrogen-bond donors (Lipinski definition) is 0. The summed E-state index contributed by atoms with van der Waals surface area (Å²) in [6, 6.07) is 5.67. The van der Waals surface area contributed by atoms with Gasteiger partial charge >= 0.3 is 6.36 Å². The Kier molecular flexibility index (Phi) is 10.8. The molecule has 4 heteroatoms. The second-order valence-electron chi connectivity index (χ2n) is 5.13. The number of hydrogen-bond acceptors (Lipinski definition) is 1. The lowest BCUT2D eigenvalue weighted by Gasteiger charge is -2.08. The Morgan fingerprint density at radius 2 is 1.24 bits per heavy atom. The highest BCUT2D eigenvalue weighted by Crippen LogP contribution is 2.22. The summed E-state index contributed by atoms with van der Waals surface area (Å²) in [7, 11) is 0. The van der Waals surface area contributed by atoms with E-state index in [1.54, 1.807) is 19.1 Å². The van der Waals surface area contributed by atoms with Crippen LogP contribution >= 0.6 is 0 Å². The van der Waals surface area contributed by atoms with E-state index in [4.69, 9.17) is 0 Å². The highest BCUT2D eigenvalue weighted by molar-refractivity contribution is 5.26. The van der Waals surface area contributed by atoms with Crippen LogP contribution in [0.4, 0.5) is 13.2 Å². The summed E-state index contributed by atoms with van der Waals surface area (Å²) in [6.07, 6.45) is 5.37. The molecular formula is C17H27F3O. The smallest absolute Gasteiger partial charge is 0.406 e. The number of aryl methyl sites for hydroxylation is 1. The van der Waals surface area contributed by atoms with E-state index >= 15 is 0 Å². The van der Waals surface area contributed by atoms with Gasteiger partial charge in [-0.2, -0.15) is 0 Å². The van der Waals surface area contributed by atoms with E-state index in [2.05, 4.69) is 18.6 Å². The zero-order valence-corrected chi connectivity index (χ0v) is 13.3. The lowest BCUT2D eigenvalue weighted by atomic mass is 10.1. The zero-order chi connectivity index (χ0) is 16.1. The van der Waals surface area contributed by atoms with Crippen LogP contribution in [0.3, 0.4) is 0 Å². The van der Waals surface area contributed by atoms with Gasteiger partial charge < -0.3 is 4.74 Å². The van der Waals surface area contributed by atoms with Gasteiger partial charge in [-0.05, 0) is 19.1 Å². The van der Waals surface area contributed by atoms with Gasteiger partial charge in [-0.15, -0.1) is 13.2 Å². The molecule has 1 rings (SSSR count). The summed E-state index contributed by atoms with van der Waals surface area (Å²) >= 11 is 0. The van der Waals surface area contributed by atoms with Crippen molar-refractivity contribution < 1.29 is 17.9 Å². The molecule has 0 saturated heterocycles. The van der Waals surface area contributed by atoms with E-state index in [0.717, 1.165) is 5.56 Å². The van der Waals surface area contributed by atoms with Crippen molar-refractivity contribution in [2.45, 2.75) is 72.1 Å². The van der Waals surface area contributed by atoms with E-state index in [9.17, 15) is 13.2 Å². The molecule has 0 spiro atoms. The fourth-order valence-electron chi connectivity index (χ4n) is 1.77. The van der Waals surface area contributed by atoms with Crippen LogP contribution in [0.2, 0.25) is 0 Å². The highest BCUT2D eigenvalue weighted by atomic mass is 19.4. The average Bonchev–Trinajstić information content (AvgIpc) is 2.41. The lowest BCUT2D eigenvalue weighted by Crippen LogP contribution is -2.16. The summed E-state index contributed by atoms with van der Waals surface area (Å²) in [5.74, 6) is -0.187. The molecule has 1 nitrogen and oxygen atoms in total. The van der Waals surface area contributed by atoms with Crippen molar-refractivity contribution >= 4 is 0 Å². The lowest BCUT2D eigenvalue weighted by molar-refractivity contribution is -0.274. The second kappa shape index (κ2) is 11.5. The first kappa shape index (κ1) is 19.8. The number of halogens is 3. The molecule has 0 N–H and O–H groups in total. The first-order valence-corrected chi connectivity index (χ1v) is 7.71. The van der Waals surface area contributed by atoms with Gasteiger partial charge in [-0.1, -0.05) is 76.5 Å². The molecule has 1 aromatic rings. The summed E-state index contributed by atoms with van der Waals surface area (Å²) in [5.41, 5.74) is 0.893. The first-order chi connectivity index (χ1) is 9.89. The Hall–Kier alpha value is -1.19. The van der Waals surface area contributed by atoms with Crippen molar-refractivity contribution in [1.82, 2.24) is 0 Å². The molecule has 0 aliphatic rings. The Morgan fingerprint density at radius 1 is 0.810 bits per heavy atom. The fraction of sp³-hybridized carbons (Fsp3) is 0.647. The predicted octanol–water partition coefficient (Wildman–Crippen LogP) is 6.65. The Balaban J connectivity index is 0.000000400. The Labute approximate surface area is 126 Å². The molecule has 0 radical (unpaired) electrons. The SMILES string of the molecule is CCCCCCCCC.Cc1ccc(OC(F)(F)F)cc1. The molecule has 0 saturated carbocycles. The van der Waals surface area contributed by atoms with Crippen LogP contribution in [0.1, 0.15) is 64.4 Å². The molecule has 0 aromatic heterocycles. The van der Waals surface area contributed by atoms with E-state index in [-0.39, 0.29) is 5.75 Å². The maximum absolute atomic E-state index is 11.6. The van der Waals surface area contributed by atoms with Gasteiger partial charge in [-0.3, -0.25) is 0 Å². The molecule has 0 bridgehead atoms. The van der Waals surface area contributed by atoms with Gasteiger partial charge in [0.1, 0.15) is 5.75 Å². The highest BCUT2D eigenvalue weighted by Gasteiger charge is 2.30. The number of benzene rings is 1. The van der Waals surface area contributed by atoms with Crippen LogP contribution in [0.15, 0.2) is 24.3 Å². The van der Waals surface area contributed by atoms with Gasteiger partial charge in [0.05, 0.1) is 0 Å². The molecular weight excluding hydrogens is 277 g/mol. The van der Waals surface area contributed by atoms with E-state index in [1.165, 1.54) is 57.1 Å². The van der Waals surface area contributed by atoms with Gasteiger partial charge in [0.25, 0.3) is 0 Å². The van der Waals surface area contributed by atoms with Crippen molar-refractivity contribution in [2.24, 2.45) is 0 Å². The number of unbranched alkanes of at least 4 members (excludes halogenated alkanes) is 6. The molecule has 0 heterocycles. The third kappa shape index (κ3) is 13.5. The molecule has 122 valence electrons. The summed E-state index contributed by atoms with van der Waals surface area (Å²) in [6.45, 7) is 6.32. The van der Waals surface area contributed by atoms with Crippen LogP contribution < -0.4 is 4.74 Å². The average molecular weight is 304 g/mol. The fourth-order valence-corrected chi connectivity index (χ4v) is 1.77. The largest absolute Gasteiger partial charge is 0.573 e. The van der Waals surface area contributed by atoms with Crippen LogP contribution in [0.25, 0.3) is 0 Å². The van der Waals surface area contributed by atoms with Crippen molar-refractivity contribution in [2.75, 3.05) is 0 Å². The summed E-state index contributed by atoms with van der Waals surface area (Å²) < 4.78 is 38.5. The maximum Gasteiger partial charge on any atom is 0.573 e. The van der Waals surface area contributed by atoms with Crippen LogP contribution in [0.5, 0.6) is 5.75 Å². The van der Waals surface area contributed by atoms with Crippen molar-refractivity contribution in [3.05, 3.63) is 29.8 Å². The first-order valence-electron chi connectivity index (χ1n) is 7.71. The number of alkyl halides is 3. The standard InChI is InChI=1S/C9H20.C8H7F3O/c1-3-5-7-9-8-6-4-2;1-6-2-4-7(5-3-6)12-8(9,10)11/h3-9H2,1-2H3;2-5H,1H3. The second-order valence-corrected chi connectivity index (χ2v) is 5.13. The molecule has 0 unspecified atom stereocenters. The minimum atomic E-state index is -4.60.